The Morgan fingerprint density at radius 1 is 1.31 bits per heavy atom. The summed E-state index contributed by atoms with van der Waals surface area (Å²) in [4.78, 5) is 0. The highest BCUT2D eigenvalue weighted by molar-refractivity contribution is 6.21. The Hall–Kier alpha value is 0.170. The molecule has 0 radical (unpaired) electrons. The van der Waals surface area contributed by atoms with Crippen LogP contribution in [-0.2, 0) is 9.47 Å². The van der Waals surface area contributed by atoms with Crippen LogP contribution in [0.2, 0.25) is 0 Å². The van der Waals surface area contributed by atoms with E-state index in [0.717, 1.165) is 10.9 Å². The fourth-order valence-corrected chi connectivity index (χ4v) is 3.08. The molecule has 0 aromatic rings. The van der Waals surface area contributed by atoms with E-state index in [-0.39, 0.29) is 23.8 Å². The van der Waals surface area contributed by atoms with E-state index < -0.39 is 0 Å². The van der Waals surface area contributed by atoms with E-state index in [0.29, 0.717) is 5.92 Å². The van der Waals surface area contributed by atoms with Gasteiger partial charge in [0.05, 0.1) is 32.6 Å². The molecule has 0 bridgehead atoms. The van der Waals surface area contributed by atoms with Crippen molar-refractivity contribution in [3.05, 3.63) is 0 Å². The minimum atomic E-state index is -0.157. The third kappa shape index (κ3) is 2.70. The molecule has 0 saturated carbocycles. The molecular weight excluding hydrogens is 226 g/mol. The topological polar surface area (TPSA) is 18.5 Å². The lowest BCUT2D eigenvalue weighted by Gasteiger charge is -2.48. The highest BCUT2D eigenvalue weighted by Crippen LogP contribution is 2.35. The van der Waals surface area contributed by atoms with Crippen LogP contribution < -0.4 is 0 Å². The lowest BCUT2D eigenvalue weighted by atomic mass is 9.88. The fraction of sp³-hybridized carbons (Fsp3) is 1.00. The zero-order valence-corrected chi connectivity index (χ0v) is 12.0. The minimum absolute atomic E-state index is 0.0683. The quantitative estimate of drug-likeness (QED) is 0.564. The first-order chi connectivity index (χ1) is 7.32. The second-order valence-corrected chi connectivity index (χ2v) is 6.10. The first kappa shape index (κ1) is 14.2. The number of alkyl halides is 1. The summed E-state index contributed by atoms with van der Waals surface area (Å²) < 4.78 is 12.2. The van der Waals surface area contributed by atoms with Crippen molar-refractivity contribution in [2.24, 2.45) is 5.92 Å². The van der Waals surface area contributed by atoms with Gasteiger partial charge in [-0.1, -0.05) is 13.8 Å². The second kappa shape index (κ2) is 5.21. The summed E-state index contributed by atoms with van der Waals surface area (Å²) in [6.45, 7) is 4.30. The van der Waals surface area contributed by atoms with E-state index in [1.807, 2.05) is 0 Å². The van der Waals surface area contributed by atoms with Crippen molar-refractivity contribution in [2.75, 3.05) is 28.3 Å². The van der Waals surface area contributed by atoms with Gasteiger partial charge in [-0.2, -0.15) is 0 Å². The van der Waals surface area contributed by atoms with Crippen LogP contribution in [0.15, 0.2) is 0 Å². The normalized spacial score (nSPS) is 41.1. The largest absolute Gasteiger partial charge is 0.351 e. The molecule has 2 unspecified atom stereocenters. The number of rotatable bonds is 3. The zero-order chi connectivity index (χ0) is 12.5. The Labute approximate surface area is 104 Å². The molecule has 1 rings (SSSR count). The van der Waals surface area contributed by atoms with Crippen molar-refractivity contribution < 1.29 is 14.0 Å². The van der Waals surface area contributed by atoms with Gasteiger partial charge in [-0.25, -0.2) is 0 Å². The van der Waals surface area contributed by atoms with E-state index >= 15 is 0 Å². The average molecular weight is 251 g/mol. The molecule has 1 fully saturated rings. The molecule has 96 valence electrons. The maximum atomic E-state index is 6.47. The SMILES string of the molecule is CCC1O[C@@H](OC)C([N+](C)(C)C)[C@@H](C)[C@@H]1Cl. The van der Waals surface area contributed by atoms with Gasteiger partial charge in [-0.05, 0) is 6.42 Å². The summed E-state index contributed by atoms with van der Waals surface area (Å²) in [5.74, 6) is 0.380. The molecule has 0 spiro atoms. The standard InChI is InChI=1S/C12H25ClNO2/c1-7-9-10(13)8(2)11(14(3,4)5)12(15-6)16-9/h8-12H,7H2,1-6H3/q+1/t8-,9?,10-,11?,12+/m0/s1. The molecule has 3 nitrogen and oxygen atoms in total. The van der Waals surface area contributed by atoms with Crippen LogP contribution in [-0.4, -0.2) is 56.5 Å². The monoisotopic (exact) mass is 250 g/mol. The summed E-state index contributed by atoms with van der Waals surface area (Å²) in [6.07, 6.45) is 0.877. The van der Waals surface area contributed by atoms with E-state index in [1.165, 1.54) is 0 Å². The Bertz CT molecular complexity index is 228. The summed E-state index contributed by atoms with van der Waals surface area (Å²) in [6, 6.07) is 0.273. The highest BCUT2D eigenvalue weighted by Gasteiger charge is 2.48. The number of nitrogens with zero attached hydrogens (tertiary/aromatic N) is 1. The molecule has 4 heteroatoms. The predicted octanol–water partition coefficient (Wildman–Crippen LogP) is 2.09. The van der Waals surface area contributed by atoms with Gasteiger partial charge in [-0.15, -0.1) is 11.6 Å². The number of quaternary nitrogens is 1. The van der Waals surface area contributed by atoms with Gasteiger partial charge in [0.15, 0.2) is 0 Å². The van der Waals surface area contributed by atoms with Crippen LogP contribution in [0.1, 0.15) is 20.3 Å². The number of hydrogen-bond acceptors (Lipinski definition) is 2. The molecule has 0 aromatic heterocycles. The second-order valence-electron chi connectivity index (χ2n) is 5.60. The third-order valence-corrected chi connectivity index (χ3v) is 4.19. The van der Waals surface area contributed by atoms with E-state index in [2.05, 4.69) is 35.0 Å². The Morgan fingerprint density at radius 2 is 1.88 bits per heavy atom. The van der Waals surface area contributed by atoms with Crippen molar-refractivity contribution in [3.63, 3.8) is 0 Å². The van der Waals surface area contributed by atoms with Crippen molar-refractivity contribution in [3.8, 4) is 0 Å². The van der Waals surface area contributed by atoms with Crippen molar-refractivity contribution in [1.29, 1.82) is 0 Å². The van der Waals surface area contributed by atoms with Crippen LogP contribution in [0.4, 0.5) is 0 Å². The van der Waals surface area contributed by atoms with Crippen molar-refractivity contribution in [2.45, 2.75) is 44.1 Å². The van der Waals surface area contributed by atoms with Gasteiger partial charge in [0.25, 0.3) is 0 Å². The third-order valence-electron chi connectivity index (χ3n) is 3.51. The highest BCUT2D eigenvalue weighted by atomic mass is 35.5. The predicted molar refractivity (Wildman–Crippen MR) is 66.6 cm³/mol. The Morgan fingerprint density at radius 3 is 2.25 bits per heavy atom. The van der Waals surface area contributed by atoms with Gasteiger partial charge in [-0.3, -0.25) is 0 Å². The number of likely N-dealkylation sites (N-methyl/N-ethyl adjacent to an activating group) is 1. The van der Waals surface area contributed by atoms with Gasteiger partial charge in [0, 0.05) is 13.0 Å². The molecule has 0 amide bonds. The molecule has 1 aliphatic heterocycles. The molecule has 1 aliphatic rings. The smallest absolute Gasteiger partial charge is 0.210 e. The summed E-state index contributed by atoms with van der Waals surface area (Å²) >= 11 is 6.47. The molecular formula is C12H25ClNO2+. The van der Waals surface area contributed by atoms with Crippen LogP contribution in [0, 0.1) is 5.92 Å². The number of ether oxygens (including phenoxy) is 2. The summed E-state index contributed by atoms with van der Waals surface area (Å²) in [7, 11) is 8.19. The average Bonchev–Trinajstić information content (AvgIpc) is 2.19. The maximum absolute atomic E-state index is 6.47. The molecule has 1 heterocycles. The molecule has 5 atom stereocenters. The molecule has 0 aromatic carbocycles. The van der Waals surface area contributed by atoms with Crippen molar-refractivity contribution >= 4 is 11.6 Å². The van der Waals surface area contributed by atoms with Crippen LogP contribution in [0.5, 0.6) is 0 Å². The number of methoxy groups -OCH3 is 1. The minimum Gasteiger partial charge on any atom is -0.351 e. The van der Waals surface area contributed by atoms with Crippen LogP contribution in [0.25, 0.3) is 0 Å². The molecule has 0 N–H and O–H groups in total. The van der Waals surface area contributed by atoms with Crippen LogP contribution >= 0.6 is 11.6 Å². The van der Waals surface area contributed by atoms with E-state index in [4.69, 9.17) is 21.1 Å². The molecule has 1 saturated heterocycles. The number of hydrogen-bond donors (Lipinski definition) is 0. The van der Waals surface area contributed by atoms with E-state index in [1.54, 1.807) is 7.11 Å². The lowest BCUT2D eigenvalue weighted by molar-refractivity contribution is -0.909. The summed E-state index contributed by atoms with van der Waals surface area (Å²) in [5.41, 5.74) is 0. The summed E-state index contributed by atoms with van der Waals surface area (Å²) in [5, 5.41) is 0.0683. The first-order valence-electron chi connectivity index (χ1n) is 5.96. The Kier molecular flexibility index (Phi) is 4.64. The first-order valence-corrected chi connectivity index (χ1v) is 6.40. The van der Waals surface area contributed by atoms with E-state index in [9.17, 15) is 0 Å². The van der Waals surface area contributed by atoms with Gasteiger partial charge in [0.2, 0.25) is 6.29 Å². The number of halogens is 1. The fourth-order valence-electron chi connectivity index (χ4n) is 2.69. The van der Waals surface area contributed by atoms with Gasteiger partial charge >= 0.3 is 0 Å². The zero-order valence-electron chi connectivity index (χ0n) is 11.2. The lowest BCUT2D eigenvalue weighted by Crippen LogP contribution is -2.63. The molecule has 16 heavy (non-hydrogen) atoms. The van der Waals surface area contributed by atoms with Crippen LogP contribution in [0.3, 0.4) is 0 Å². The van der Waals surface area contributed by atoms with Gasteiger partial charge in [0.1, 0.15) is 6.04 Å². The molecule has 0 aliphatic carbocycles. The Balaban J connectivity index is 2.91. The maximum Gasteiger partial charge on any atom is 0.210 e. The van der Waals surface area contributed by atoms with Crippen molar-refractivity contribution in [1.82, 2.24) is 0 Å². The van der Waals surface area contributed by atoms with Gasteiger partial charge < -0.3 is 14.0 Å².